The highest BCUT2D eigenvalue weighted by Crippen LogP contribution is 2.31. The molecule has 4 nitrogen and oxygen atoms in total. The summed E-state index contributed by atoms with van der Waals surface area (Å²) in [6.07, 6.45) is 0.448. The van der Waals surface area contributed by atoms with Gasteiger partial charge in [0, 0.05) is 5.92 Å². The molecule has 1 heterocycles. The first-order chi connectivity index (χ1) is 9.39. The zero-order valence-corrected chi connectivity index (χ0v) is 17.0. The SMILES string of the molecule is CC(O)CC1OC[C@@H](O[Si](C)(C)C)[C@H](O[Si](C)(C)C)[C@H]1C. The molecule has 1 rings (SSSR count). The Morgan fingerprint density at radius 1 is 1.10 bits per heavy atom. The summed E-state index contributed by atoms with van der Waals surface area (Å²) in [5.41, 5.74) is 0. The molecule has 0 aliphatic carbocycles. The maximum atomic E-state index is 9.66. The first-order valence-electron chi connectivity index (χ1n) is 8.04. The fourth-order valence-electron chi connectivity index (χ4n) is 2.78. The molecule has 1 saturated heterocycles. The fraction of sp³-hybridized carbons (Fsp3) is 1.00. The summed E-state index contributed by atoms with van der Waals surface area (Å²) >= 11 is 0. The molecular weight excluding hydrogens is 300 g/mol. The average Bonchev–Trinajstić information content (AvgIpc) is 2.23. The molecule has 0 aromatic rings. The van der Waals surface area contributed by atoms with Crippen LogP contribution < -0.4 is 0 Å². The van der Waals surface area contributed by atoms with Gasteiger partial charge >= 0.3 is 0 Å². The molecule has 0 bridgehead atoms. The Bertz CT molecular complexity index is 323. The van der Waals surface area contributed by atoms with Crippen LogP contribution in [0.15, 0.2) is 0 Å². The van der Waals surface area contributed by atoms with E-state index in [0.717, 1.165) is 0 Å². The fourth-order valence-corrected chi connectivity index (χ4v) is 5.07. The van der Waals surface area contributed by atoms with Crippen LogP contribution in [0.25, 0.3) is 0 Å². The molecule has 0 amide bonds. The predicted octanol–water partition coefficient (Wildman–Crippen LogP) is 3.23. The maximum Gasteiger partial charge on any atom is 0.184 e. The first kappa shape index (κ1) is 19.3. The number of hydrogen-bond donors (Lipinski definition) is 1. The zero-order valence-electron chi connectivity index (χ0n) is 15.0. The summed E-state index contributed by atoms with van der Waals surface area (Å²) in [5.74, 6) is 0.237. The van der Waals surface area contributed by atoms with Gasteiger partial charge in [-0.1, -0.05) is 6.92 Å². The van der Waals surface area contributed by atoms with Crippen LogP contribution >= 0.6 is 0 Å². The number of ether oxygens (including phenoxy) is 1. The van der Waals surface area contributed by atoms with Crippen LogP contribution in [0, 0.1) is 5.92 Å². The van der Waals surface area contributed by atoms with E-state index < -0.39 is 16.6 Å². The Morgan fingerprint density at radius 2 is 1.62 bits per heavy atom. The largest absolute Gasteiger partial charge is 0.412 e. The minimum atomic E-state index is -1.66. The van der Waals surface area contributed by atoms with Gasteiger partial charge < -0.3 is 18.7 Å². The Hall–Kier alpha value is 0.274. The van der Waals surface area contributed by atoms with E-state index in [1.54, 1.807) is 0 Å². The predicted molar refractivity (Wildman–Crippen MR) is 91.6 cm³/mol. The summed E-state index contributed by atoms with van der Waals surface area (Å²) in [4.78, 5) is 0. The van der Waals surface area contributed by atoms with E-state index in [9.17, 15) is 5.11 Å². The molecule has 2 unspecified atom stereocenters. The van der Waals surface area contributed by atoms with Crippen LogP contribution in [-0.4, -0.2) is 52.8 Å². The first-order valence-corrected chi connectivity index (χ1v) is 14.9. The van der Waals surface area contributed by atoms with Crippen LogP contribution in [0.4, 0.5) is 0 Å². The lowest BCUT2D eigenvalue weighted by atomic mass is 9.89. The zero-order chi connectivity index (χ0) is 16.4. The van der Waals surface area contributed by atoms with E-state index >= 15 is 0 Å². The normalized spacial score (nSPS) is 33.0. The molecule has 5 atom stereocenters. The van der Waals surface area contributed by atoms with Gasteiger partial charge in [-0.25, -0.2) is 0 Å². The maximum absolute atomic E-state index is 9.66. The van der Waals surface area contributed by atoms with Gasteiger partial charge in [0.1, 0.15) is 0 Å². The Morgan fingerprint density at radius 3 is 2.05 bits per heavy atom. The number of aliphatic hydroxyl groups is 1. The summed E-state index contributed by atoms with van der Waals surface area (Å²) in [6.45, 7) is 17.8. The van der Waals surface area contributed by atoms with Crippen molar-refractivity contribution in [3.8, 4) is 0 Å². The lowest BCUT2D eigenvalue weighted by Gasteiger charge is -2.45. The topological polar surface area (TPSA) is 47.9 Å². The van der Waals surface area contributed by atoms with E-state index in [0.29, 0.717) is 13.0 Å². The summed E-state index contributed by atoms with van der Waals surface area (Å²) in [5, 5.41) is 9.66. The van der Waals surface area contributed by atoms with Gasteiger partial charge in [0.25, 0.3) is 0 Å². The van der Waals surface area contributed by atoms with Gasteiger partial charge in [-0.2, -0.15) is 0 Å². The third-order valence-corrected chi connectivity index (χ3v) is 5.50. The summed E-state index contributed by atoms with van der Waals surface area (Å²) in [7, 11) is -3.30. The van der Waals surface area contributed by atoms with Crippen molar-refractivity contribution in [2.24, 2.45) is 5.92 Å². The van der Waals surface area contributed by atoms with Crippen LogP contribution in [0.3, 0.4) is 0 Å². The highest BCUT2D eigenvalue weighted by molar-refractivity contribution is 6.70. The van der Waals surface area contributed by atoms with Crippen molar-refractivity contribution in [2.75, 3.05) is 6.61 Å². The molecule has 0 radical (unpaired) electrons. The Labute approximate surface area is 132 Å². The van der Waals surface area contributed by atoms with Crippen molar-refractivity contribution in [3.05, 3.63) is 0 Å². The molecule has 1 aliphatic heterocycles. The molecule has 0 aromatic heterocycles. The molecule has 1 fully saturated rings. The number of aliphatic hydroxyl groups excluding tert-OH is 1. The Kier molecular flexibility index (Phi) is 6.65. The third kappa shape index (κ3) is 6.92. The van der Waals surface area contributed by atoms with Gasteiger partial charge in [-0.05, 0) is 52.6 Å². The van der Waals surface area contributed by atoms with E-state index in [1.165, 1.54) is 0 Å². The Balaban J connectivity index is 2.85. The van der Waals surface area contributed by atoms with Gasteiger partial charge in [-0.15, -0.1) is 0 Å². The van der Waals surface area contributed by atoms with Crippen molar-refractivity contribution in [2.45, 2.75) is 84.0 Å². The van der Waals surface area contributed by atoms with Gasteiger partial charge in [0.2, 0.25) is 0 Å². The minimum absolute atomic E-state index is 0.0173. The molecule has 6 heteroatoms. The second-order valence-electron chi connectivity index (χ2n) is 8.28. The van der Waals surface area contributed by atoms with Crippen molar-refractivity contribution in [1.82, 2.24) is 0 Å². The quantitative estimate of drug-likeness (QED) is 0.758. The van der Waals surface area contributed by atoms with Gasteiger partial charge in [0.15, 0.2) is 16.6 Å². The molecule has 0 spiro atoms. The van der Waals surface area contributed by atoms with Gasteiger partial charge in [0.05, 0.1) is 31.0 Å². The lowest BCUT2D eigenvalue weighted by molar-refractivity contribution is -0.149. The van der Waals surface area contributed by atoms with Crippen LogP contribution in [0.1, 0.15) is 20.3 Å². The monoisotopic (exact) mass is 334 g/mol. The van der Waals surface area contributed by atoms with Crippen molar-refractivity contribution in [1.29, 1.82) is 0 Å². The van der Waals surface area contributed by atoms with Crippen LogP contribution in [-0.2, 0) is 13.6 Å². The van der Waals surface area contributed by atoms with Crippen molar-refractivity contribution >= 4 is 16.6 Å². The number of hydrogen-bond acceptors (Lipinski definition) is 4. The standard InChI is InChI=1S/C15H34O4Si2/c1-11(16)9-13-12(2)15(19-21(6,7)8)14(10-17-13)18-20(3,4)5/h11-16H,9-10H2,1-8H3/t11?,12-,13?,14+,15+/m0/s1. The molecule has 0 aromatic carbocycles. The molecule has 1 N–H and O–H groups in total. The molecular formula is C15H34O4Si2. The lowest BCUT2D eigenvalue weighted by Crippen LogP contribution is -2.56. The van der Waals surface area contributed by atoms with Crippen LogP contribution in [0.5, 0.6) is 0 Å². The number of rotatable bonds is 6. The highest BCUT2D eigenvalue weighted by atomic mass is 28.4. The van der Waals surface area contributed by atoms with E-state index in [1.807, 2.05) is 6.92 Å². The summed E-state index contributed by atoms with van der Waals surface area (Å²) < 4.78 is 18.7. The van der Waals surface area contributed by atoms with E-state index in [2.05, 4.69) is 46.2 Å². The summed E-state index contributed by atoms with van der Waals surface area (Å²) in [6, 6.07) is 0. The third-order valence-electron chi connectivity index (χ3n) is 3.51. The molecule has 126 valence electrons. The smallest absolute Gasteiger partial charge is 0.184 e. The van der Waals surface area contributed by atoms with E-state index in [-0.39, 0.29) is 30.3 Å². The van der Waals surface area contributed by atoms with Crippen molar-refractivity contribution < 1.29 is 18.7 Å². The highest BCUT2D eigenvalue weighted by Gasteiger charge is 2.42. The second kappa shape index (κ2) is 7.23. The van der Waals surface area contributed by atoms with E-state index in [4.69, 9.17) is 13.6 Å². The second-order valence-corrected chi connectivity index (χ2v) is 17.2. The average molecular weight is 335 g/mol. The molecule has 1 aliphatic rings. The van der Waals surface area contributed by atoms with Crippen molar-refractivity contribution in [3.63, 3.8) is 0 Å². The van der Waals surface area contributed by atoms with Crippen LogP contribution in [0.2, 0.25) is 39.3 Å². The van der Waals surface area contributed by atoms with Gasteiger partial charge in [-0.3, -0.25) is 0 Å². The molecule has 0 saturated carbocycles. The minimum Gasteiger partial charge on any atom is -0.412 e. The molecule has 21 heavy (non-hydrogen) atoms.